The fraction of sp³-hybridized carbons (Fsp3) is 0.286. The van der Waals surface area contributed by atoms with Crippen molar-refractivity contribution in [3.05, 3.63) is 47.1 Å². The molecule has 2 rings (SSSR count). The Morgan fingerprint density at radius 1 is 1.42 bits per heavy atom. The maximum absolute atomic E-state index is 12.2. The van der Waals surface area contributed by atoms with Gasteiger partial charge in [-0.3, -0.25) is 4.79 Å². The number of hydrogen-bond acceptors (Lipinski definition) is 2. The van der Waals surface area contributed by atoms with Crippen LogP contribution < -0.4 is 5.32 Å². The second-order valence-electron chi connectivity index (χ2n) is 4.35. The zero-order chi connectivity index (χ0) is 13.8. The Balaban J connectivity index is 2.21. The number of hydrogen-bond donors (Lipinski definition) is 1. The third kappa shape index (κ3) is 2.96. The summed E-state index contributed by atoms with van der Waals surface area (Å²) in [5, 5.41) is 7.50. The smallest absolute Gasteiger partial charge is 0.258 e. The zero-order valence-corrected chi connectivity index (χ0v) is 11.7. The largest absolute Gasteiger partial charge is 0.307 e. The van der Waals surface area contributed by atoms with Gasteiger partial charge in [0.25, 0.3) is 5.91 Å². The van der Waals surface area contributed by atoms with E-state index in [4.69, 9.17) is 11.6 Å². The summed E-state index contributed by atoms with van der Waals surface area (Å²) in [7, 11) is 0. The molecule has 2 aromatic rings. The van der Waals surface area contributed by atoms with Crippen LogP contribution in [0.4, 0.5) is 5.82 Å². The first-order valence-electron chi connectivity index (χ1n) is 6.23. The van der Waals surface area contributed by atoms with Crippen molar-refractivity contribution < 1.29 is 4.79 Å². The first-order chi connectivity index (χ1) is 9.13. The molecule has 1 atom stereocenters. The summed E-state index contributed by atoms with van der Waals surface area (Å²) in [6.45, 7) is 4.13. The number of carbonyl (C=O) groups is 1. The molecule has 0 bridgehead atoms. The van der Waals surface area contributed by atoms with Crippen molar-refractivity contribution in [1.82, 2.24) is 9.78 Å². The maximum atomic E-state index is 12.2. The molecule has 1 amide bonds. The fourth-order valence-electron chi connectivity index (χ4n) is 1.77. The molecular formula is C14H16ClN3O. The summed E-state index contributed by atoms with van der Waals surface area (Å²) in [6, 6.07) is 8.98. The fourth-order valence-corrected chi connectivity index (χ4v) is 1.99. The van der Waals surface area contributed by atoms with E-state index in [1.165, 1.54) is 0 Å². The lowest BCUT2D eigenvalue weighted by Crippen LogP contribution is -2.17. The van der Waals surface area contributed by atoms with Crippen LogP contribution in [0, 0.1) is 0 Å². The van der Waals surface area contributed by atoms with Gasteiger partial charge in [-0.05, 0) is 25.5 Å². The van der Waals surface area contributed by atoms with Gasteiger partial charge in [0.2, 0.25) is 0 Å². The van der Waals surface area contributed by atoms with Crippen molar-refractivity contribution in [2.75, 3.05) is 5.32 Å². The molecule has 0 saturated carbocycles. The highest BCUT2D eigenvalue weighted by atomic mass is 35.5. The summed E-state index contributed by atoms with van der Waals surface area (Å²) in [4.78, 5) is 12.2. The van der Waals surface area contributed by atoms with Crippen molar-refractivity contribution in [2.45, 2.75) is 26.3 Å². The van der Waals surface area contributed by atoms with Gasteiger partial charge in [-0.2, -0.15) is 5.10 Å². The van der Waals surface area contributed by atoms with E-state index in [2.05, 4.69) is 24.3 Å². The van der Waals surface area contributed by atoms with Crippen LogP contribution in [0.15, 0.2) is 36.5 Å². The molecule has 1 aromatic heterocycles. The van der Waals surface area contributed by atoms with Crippen molar-refractivity contribution in [2.24, 2.45) is 0 Å². The van der Waals surface area contributed by atoms with Crippen LogP contribution in [0.5, 0.6) is 0 Å². The number of carbonyl (C=O) groups excluding carboxylic acids is 1. The van der Waals surface area contributed by atoms with Crippen LogP contribution in [0.2, 0.25) is 5.02 Å². The number of aromatic nitrogens is 2. The van der Waals surface area contributed by atoms with Crippen molar-refractivity contribution >= 4 is 23.3 Å². The zero-order valence-electron chi connectivity index (χ0n) is 10.9. The van der Waals surface area contributed by atoms with Gasteiger partial charge in [-0.15, -0.1) is 0 Å². The molecule has 0 aliphatic heterocycles. The van der Waals surface area contributed by atoms with E-state index in [1.54, 1.807) is 41.2 Å². The summed E-state index contributed by atoms with van der Waals surface area (Å²) in [6.07, 6.45) is 2.62. The molecule has 1 heterocycles. The minimum atomic E-state index is -0.226. The van der Waals surface area contributed by atoms with Crippen LogP contribution in [-0.2, 0) is 0 Å². The lowest BCUT2D eigenvalue weighted by Gasteiger charge is -2.14. The van der Waals surface area contributed by atoms with Crippen LogP contribution >= 0.6 is 11.6 Å². The van der Waals surface area contributed by atoms with Crippen molar-refractivity contribution in [3.8, 4) is 0 Å². The van der Waals surface area contributed by atoms with Gasteiger partial charge in [0, 0.05) is 6.07 Å². The number of amides is 1. The van der Waals surface area contributed by atoms with E-state index in [0.717, 1.165) is 6.42 Å². The predicted molar refractivity (Wildman–Crippen MR) is 76.6 cm³/mol. The van der Waals surface area contributed by atoms with Gasteiger partial charge in [-0.1, -0.05) is 30.7 Å². The molecular weight excluding hydrogens is 262 g/mol. The summed E-state index contributed by atoms with van der Waals surface area (Å²) < 4.78 is 1.80. The average molecular weight is 278 g/mol. The second kappa shape index (κ2) is 5.89. The van der Waals surface area contributed by atoms with E-state index in [-0.39, 0.29) is 11.9 Å². The number of nitrogens with one attached hydrogen (secondary N) is 1. The Morgan fingerprint density at radius 3 is 2.84 bits per heavy atom. The number of rotatable bonds is 4. The quantitative estimate of drug-likeness (QED) is 0.925. The van der Waals surface area contributed by atoms with E-state index in [9.17, 15) is 4.79 Å². The number of anilines is 1. The monoisotopic (exact) mass is 277 g/mol. The van der Waals surface area contributed by atoms with E-state index >= 15 is 0 Å². The molecule has 1 N–H and O–H groups in total. The molecule has 5 heteroatoms. The normalized spacial score (nSPS) is 12.2. The number of halogens is 1. The highest BCUT2D eigenvalue weighted by Gasteiger charge is 2.14. The van der Waals surface area contributed by atoms with Gasteiger partial charge in [-0.25, -0.2) is 4.68 Å². The predicted octanol–water partition coefficient (Wildman–Crippen LogP) is 3.76. The minimum Gasteiger partial charge on any atom is -0.307 e. The van der Waals surface area contributed by atoms with Gasteiger partial charge < -0.3 is 5.32 Å². The molecule has 1 unspecified atom stereocenters. The Hall–Kier alpha value is -1.81. The second-order valence-corrected chi connectivity index (χ2v) is 4.76. The van der Waals surface area contributed by atoms with Crippen LogP contribution in [-0.4, -0.2) is 15.7 Å². The Labute approximate surface area is 117 Å². The summed E-state index contributed by atoms with van der Waals surface area (Å²) in [5.41, 5.74) is 0.459. The first kappa shape index (κ1) is 13.6. The van der Waals surface area contributed by atoms with E-state index in [1.807, 2.05) is 0 Å². The summed E-state index contributed by atoms with van der Waals surface area (Å²) >= 11 is 6.01. The molecule has 0 radical (unpaired) electrons. The Bertz CT molecular complexity index is 580. The van der Waals surface area contributed by atoms with Crippen LogP contribution in [0.3, 0.4) is 0 Å². The standard InChI is InChI=1S/C14H16ClN3O/c1-3-10(2)18-13(8-9-16-18)17-14(19)11-6-4-5-7-12(11)15/h4-10H,3H2,1-2H3,(H,17,19). The van der Waals surface area contributed by atoms with Crippen LogP contribution in [0.25, 0.3) is 0 Å². The van der Waals surface area contributed by atoms with Gasteiger partial charge >= 0.3 is 0 Å². The number of nitrogens with zero attached hydrogens (tertiary/aromatic N) is 2. The third-order valence-corrected chi connectivity index (χ3v) is 3.37. The SMILES string of the molecule is CCC(C)n1nccc1NC(=O)c1ccccc1Cl. The Morgan fingerprint density at radius 2 is 2.16 bits per heavy atom. The highest BCUT2D eigenvalue weighted by Crippen LogP contribution is 2.19. The molecule has 0 fully saturated rings. The molecule has 4 nitrogen and oxygen atoms in total. The van der Waals surface area contributed by atoms with E-state index < -0.39 is 0 Å². The summed E-state index contributed by atoms with van der Waals surface area (Å²) in [5.74, 6) is 0.454. The minimum absolute atomic E-state index is 0.226. The van der Waals surface area contributed by atoms with Gasteiger partial charge in [0.15, 0.2) is 0 Å². The molecule has 0 saturated heterocycles. The average Bonchev–Trinajstić information content (AvgIpc) is 2.86. The molecule has 100 valence electrons. The molecule has 0 spiro atoms. The molecule has 1 aromatic carbocycles. The van der Waals surface area contributed by atoms with Crippen molar-refractivity contribution in [3.63, 3.8) is 0 Å². The molecule has 0 aliphatic rings. The van der Waals surface area contributed by atoms with Crippen molar-refractivity contribution in [1.29, 1.82) is 0 Å². The number of benzene rings is 1. The Kier molecular flexibility index (Phi) is 4.22. The molecule has 19 heavy (non-hydrogen) atoms. The van der Waals surface area contributed by atoms with Gasteiger partial charge in [0.1, 0.15) is 5.82 Å². The van der Waals surface area contributed by atoms with Gasteiger partial charge in [0.05, 0.1) is 22.8 Å². The first-order valence-corrected chi connectivity index (χ1v) is 6.60. The highest BCUT2D eigenvalue weighted by molar-refractivity contribution is 6.34. The lowest BCUT2D eigenvalue weighted by molar-refractivity contribution is 0.102. The van der Waals surface area contributed by atoms with E-state index in [0.29, 0.717) is 16.4 Å². The third-order valence-electron chi connectivity index (χ3n) is 3.04. The topological polar surface area (TPSA) is 46.9 Å². The molecule has 0 aliphatic carbocycles. The lowest BCUT2D eigenvalue weighted by atomic mass is 10.2. The maximum Gasteiger partial charge on any atom is 0.258 e. The van der Waals surface area contributed by atoms with Crippen LogP contribution in [0.1, 0.15) is 36.7 Å².